The van der Waals surface area contributed by atoms with Gasteiger partial charge in [0.05, 0.1) is 6.33 Å². The Labute approximate surface area is 107 Å². The molecule has 2 N–H and O–H groups in total. The first kappa shape index (κ1) is 11.6. The van der Waals surface area contributed by atoms with Crippen LogP contribution in [-0.2, 0) is 13.1 Å². The largest absolute Gasteiger partial charge is 0.347 e. The van der Waals surface area contributed by atoms with E-state index in [2.05, 4.69) is 31.2 Å². The Morgan fingerprint density at radius 1 is 1.38 bits per heavy atom. The highest BCUT2D eigenvalue weighted by atomic mass is 79.9. The molecular formula is C11H11BrClN3. The van der Waals surface area contributed by atoms with Crippen LogP contribution >= 0.6 is 27.5 Å². The van der Waals surface area contributed by atoms with Crippen molar-refractivity contribution in [3.63, 3.8) is 0 Å². The van der Waals surface area contributed by atoms with E-state index in [1.54, 1.807) is 12.5 Å². The molecule has 5 heteroatoms. The zero-order chi connectivity index (χ0) is 11.4. The Morgan fingerprint density at radius 3 is 3.00 bits per heavy atom. The molecule has 0 unspecified atom stereocenters. The SMILES string of the molecule is Clc1ccc(Br)cc1CNCc1cnc[nH]1. The summed E-state index contributed by atoms with van der Waals surface area (Å²) in [6, 6.07) is 5.84. The highest BCUT2D eigenvalue weighted by molar-refractivity contribution is 9.10. The second-order valence-electron chi connectivity index (χ2n) is 3.42. The fourth-order valence-corrected chi connectivity index (χ4v) is 1.98. The van der Waals surface area contributed by atoms with Gasteiger partial charge in [-0.05, 0) is 23.8 Å². The average Bonchev–Trinajstić information content (AvgIpc) is 2.76. The third-order valence-electron chi connectivity index (χ3n) is 2.19. The van der Waals surface area contributed by atoms with E-state index in [9.17, 15) is 0 Å². The van der Waals surface area contributed by atoms with Crippen LogP contribution in [-0.4, -0.2) is 9.97 Å². The van der Waals surface area contributed by atoms with Gasteiger partial charge in [0.2, 0.25) is 0 Å². The molecule has 1 heterocycles. The minimum absolute atomic E-state index is 0.733. The van der Waals surface area contributed by atoms with Gasteiger partial charge in [0.15, 0.2) is 0 Å². The molecule has 3 nitrogen and oxygen atoms in total. The second kappa shape index (κ2) is 5.48. The zero-order valence-electron chi connectivity index (χ0n) is 8.50. The standard InChI is InChI=1S/C11H11BrClN3/c12-9-1-2-11(13)8(3-9)4-14-5-10-6-15-7-16-10/h1-3,6-7,14H,4-5H2,(H,15,16). The number of hydrogen-bond donors (Lipinski definition) is 2. The summed E-state index contributed by atoms with van der Waals surface area (Å²) in [6.45, 7) is 1.49. The third kappa shape index (κ3) is 3.07. The minimum Gasteiger partial charge on any atom is -0.347 e. The summed E-state index contributed by atoms with van der Waals surface area (Å²) < 4.78 is 1.04. The van der Waals surface area contributed by atoms with Gasteiger partial charge in [-0.2, -0.15) is 0 Å². The first-order valence-electron chi connectivity index (χ1n) is 4.87. The quantitative estimate of drug-likeness (QED) is 0.911. The highest BCUT2D eigenvalue weighted by Gasteiger charge is 2.01. The summed E-state index contributed by atoms with van der Waals surface area (Å²) in [5.41, 5.74) is 2.14. The van der Waals surface area contributed by atoms with E-state index in [1.807, 2.05) is 18.2 Å². The number of aromatic amines is 1. The molecule has 0 amide bonds. The topological polar surface area (TPSA) is 40.7 Å². The number of imidazole rings is 1. The molecule has 16 heavy (non-hydrogen) atoms. The van der Waals surface area contributed by atoms with Crippen LogP contribution in [0.3, 0.4) is 0 Å². The van der Waals surface area contributed by atoms with Crippen LogP contribution in [0.5, 0.6) is 0 Å². The number of nitrogens with zero attached hydrogens (tertiary/aromatic N) is 1. The van der Waals surface area contributed by atoms with Crippen LogP contribution in [0.1, 0.15) is 11.3 Å². The van der Waals surface area contributed by atoms with Crippen molar-refractivity contribution >= 4 is 27.5 Å². The first-order valence-corrected chi connectivity index (χ1v) is 6.04. The summed E-state index contributed by atoms with van der Waals surface area (Å²) >= 11 is 9.50. The van der Waals surface area contributed by atoms with Crippen molar-refractivity contribution in [2.45, 2.75) is 13.1 Å². The zero-order valence-corrected chi connectivity index (χ0v) is 10.8. The Kier molecular flexibility index (Phi) is 3.98. The monoisotopic (exact) mass is 299 g/mol. The molecule has 0 saturated carbocycles. The van der Waals surface area contributed by atoms with Crippen molar-refractivity contribution in [3.05, 3.63) is 51.5 Å². The summed E-state index contributed by atoms with van der Waals surface area (Å²) in [5, 5.41) is 4.07. The molecule has 2 aromatic rings. The average molecular weight is 301 g/mol. The number of aromatic nitrogens is 2. The lowest BCUT2D eigenvalue weighted by Gasteiger charge is -2.06. The van der Waals surface area contributed by atoms with E-state index in [0.717, 1.165) is 33.8 Å². The summed E-state index contributed by atoms with van der Waals surface area (Å²) in [4.78, 5) is 6.98. The highest BCUT2D eigenvalue weighted by Crippen LogP contribution is 2.20. The van der Waals surface area contributed by atoms with Crippen LogP contribution in [0.4, 0.5) is 0 Å². The van der Waals surface area contributed by atoms with E-state index in [-0.39, 0.29) is 0 Å². The molecule has 0 saturated heterocycles. The Hall–Kier alpha value is -0.840. The lowest BCUT2D eigenvalue weighted by atomic mass is 10.2. The lowest BCUT2D eigenvalue weighted by molar-refractivity contribution is 0.682. The smallest absolute Gasteiger partial charge is 0.0922 e. The predicted octanol–water partition coefficient (Wildman–Crippen LogP) is 3.12. The van der Waals surface area contributed by atoms with Crippen LogP contribution in [0.15, 0.2) is 35.2 Å². The number of halogens is 2. The van der Waals surface area contributed by atoms with Crippen molar-refractivity contribution in [3.8, 4) is 0 Å². The van der Waals surface area contributed by atoms with Gasteiger partial charge in [-0.25, -0.2) is 4.98 Å². The lowest BCUT2D eigenvalue weighted by Crippen LogP contribution is -2.13. The van der Waals surface area contributed by atoms with Crippen LogP contribution in [0.25, 0.3) is 0 Å². The van der Waals surface area contributed by atoms with Gasteiger partial charge in [0, 0.05) is 34.5 Å². The molecule has 84 valence electrons. The molecule has 0 radical (unpaired) electrons. The van der Waals surface area contributed by atoms with E-state index < -0.39 is 0 Å². The van der Waals surface area contributed by atoms with E-state index in [4.69, 9.17) is 11.6 Å². The molecule has 1 aromatic carbocycles. The molecule has 0 aliphatic heterocycles. The molecule has 0 aliphatic carbocycles. The fraction of sp³-hybridized carbons (Fsp3) is 0.182. The first-order chi connectivity index (χ1) is 7.75. The molecule has 2 rings (SSSR count). The van der Waals surface area contributed by atoms with Crippen molar-refractivity contribution in [1.29, 1.82) is 0 Å². The molecule has 0 spiro atoms. The van der Waals surface area contributed by atoms with Crippen LogP contribution < -0.4 is 5.32 Å². The molecule has 0 aliphatic rings. The maximum Gasteiger partial charge on any atom is 0.0922 e. The van der Waals surface area contributed by atoms with Gasteiger partial charge < -0.3 is 10.3 Å². The van der Waals surface area contributed by atoms with Gasteiger partial charge >= 0.3 is 0 Å². The number of H-pyrrole nitrogens is 1. The normalized spacial score (nSPS) is 10.6. The summed E-state index contributed by atoms with van der Waals surface area (Å²) in [5.74, 6) is 0. The minimum atomic E-state index is 0.733. The van der Waals surface area contributed by atoms with E-state index >= 15 is 0 Å². The summed E-state index contributed by atoms with van der Waals surface area (Å²) in [6.07, 6.45) is 3.47. The number of nitrogens with one attached hydrogen (secondary N) is 2. The number of hydrogen-bond acceptors (Lipinski definition) is 2. The molecular weight excluding hydrogens is 289 g/mol. The van der Waals surface area contributed by atoms with Gasteiger partial charge in [0.1, 0.15) is 0 Å². The maximum atomic E-state index is 6.08. The number of benzene rings is 1. The number of rotatable bonds is 4. The van der Waals surface area contributed by atoms with Crippen molar-refractivity contribution in [1.82, 2.24) is 15.3 Å². The molecule has 0 bridgehead atoms. The maximum absolute atomic E-state index is 6.08. The van der Waals surface area contributed by atoms with Gasteiger partial charge in [-0.15, -0.1) is 0 Å². The molecule has 0 fully saturated rings. The Bertz CT molecular complexity index is 456. The predicted molar refractivity (Wildman–Crippen MR) is 68.3 cm³/mol. The van der Waals surface area contributed by atoms with Gasteiger partial charge in [-0.3, -0.25) is 0 Å². The van der Waals surface area contributed by atoms with E-state index in [1.165, 1.54) is 0 Å². The third-order valence-corrected chi connectivity index (χ3v) is 3.06. The van der Waals surface area contributed by atoms with Gasteiger partial charge in [0.25, 0.3) is 0 Å². The Morgan fingerprint density at radius 2 is 2.25 bits per heavy atom. The van der Waals surface area contributed by atoms with Gasteiger partial charge in [-0.1, -0.05) is 27.5 Å². The molecule has 1 aromatic heterocycles. The van der Waals surface area contributed by atoms with Crippen molar-refractivity contribution < 1.29 is 0 Å². The molecule has 0 atom stereocenters. The fourth-order valence-electron chi connectivity index (χ4n) is 1.39. The van der Waals surface area contributed by atoms with Crippen LogP contribution in [0, 0.1) is 0 Å². The van der Waals surface area contributed by atoms with Crippen LogP contribution in [0.2, 0.25) is 5.02 Å². The Balaban J connectivity index is 1.92. The second-order valence-corrected chi connectivity index (χ2v) is 4.74. The van der Waals surface area contributed by atoms with E-state index in [0.29, 0.717) is 0 Å². The van der Waals surface area contributed by atoms with Crippen molar-refractivity contribution in [2.75, 3.05) is 0 Å². The summed E-state index contributed by atoms with van der Waals surface area (Å²) in [7, 11) is 0. The van der Waals surface area contributed by atoms with Crippen molar-refractivity contribution in [2.24, 2.45) is 0 Å².